The summed E-state index contributed by atoms with van der Waals surface area (Å²) < 4.78 is 0. The van der Waals surface area contributed by atoms with Crippen molar-refractivity contribution in [2.75, 3.05) is 20.1 Å². The Bertz CT molecular complexity index is 692. The van der Waals surface area contributed by atoms with Gasteiger partial charge in [0.2, 0.25) is 0 Å². The average molecular weight is 344 g/mol. The smallest absolute Gasteiger partial charge is 0.272 e. The van der Waals surface area contributed by atoms with Crippen LogP contribution in [0.1, 0.15) is 28.9 Å². The lowest BCUT2D eigenvalue weighted by Gasteiger charge is -2.37. The predicted molar refractivity (Wildman–Crippen MR) is 96.1 cm³/mol. The van der Waals surface area contributed by atoms with Gasteiger partial charge in [-0.05, 0) is 37.1 Å². The van der Waals surface area contributed by atoms with E-state index in [0.717, 1.165) is 32.5 Å². The number of likely N-dealkylation sites (N-methyl/N-ethyl adjacent to an activating group) is 1. The Labute approximate surface area is 148 Å². The Kier molecular flexibility index (Phi) is 5.48. The van der Waals surface area contributed by atoms with E-state index in [1.54, 1.807) is 18.2 Å². The fourth-order valence-corrected chi connectivity index (χ4v) is 3.37. The van der Waals surface area contributed by atoms with E-state index in [4.69, 9.17) is 11.6 Å². The lowest BCUT2D eigenvalue weighted by atomic mass is 10.0. The maximum Gasteiger partial charge on any atom is 0.272 e. The largest absolute Gasteiger partial charge is 0.336 e. The van der Waals surface area contributed by atoms with Crippen molar-refractivity contribution in [1.82, 2.24) is 14.8 Å². The van der Waals surface area contributed by atoms with Crippen molar-refractivity contribution in [2.45, 2.75) is 25.4 Å². The monoisotopic (exact) mass is 343 g/mol. The van der Waals surface area contributed by atoms with E-state index in [1.807, 2.05) is 18.0 Å². The van der Waals surface area contributed by atoms with E-state index in [0.29, 0.717) is 10.8 Å². The van der Waals surface area contributed by atoms with Crippen LogP contribution in [0.4, 0.5) is 0 Å². The van der Waals surface area contributed by atoms with Crippen molar-refractivity contribution in [2.24, 2.45) is 0 Å². The second-order valence-electron chi connectivity index (χ2n) is 6.28. The van der Waals surface area contributed by atoms with Crippen LogP contribution < -0.4 is 0 Å². The summed E-state index contributed by atoms with van der Waals surface area (Å²) in [6.45, 7) is 2.88. The van der Waals surface area contributed by atoms with E-state index in [-0.39, 0.29) is 11.9 Å². The molecule has 5 heteroatoms. The number of piperidine rings is 1. The summed E-state index contributed by atoms with van der Waals surface area (Å²) in [5.74, 6) is -0.0657. The number of halogens is 1. The van der Waals surface area contributed by atoms with Gasteiger partial charge in [-0.3, -0.25) is 9.69 Å². The van der Waals surface area contributed by atoms with Crippen LogP contribution in [-0.4, -0.2) is 46.9 Å². The van der Waals surface area contributed by atoms with Crippen molar-refractivity contribution in [3.63, 3.8) is 0 Å². The van der Waals surface area contributed by atoms with E-state index < -0.39 is 0 Å². The van der Waals surface area contributed by atoms with Crippen molar-refractivity contribution in [3.05, 3.63) is 64.9 Å². The maximum atomic E-state index is 12.6. The van der Waals surface area contributed by atoms with Crippen molar-refractivity contribution < 1.29 is 4.79 Å². The van der Waals surface area contributed by atoms with Crippen LogP contribution >= 0.6 is 11.6 Å². The molecule has 3 rings (SSSR count). The molecule has 1 aromatic carbocycles. The molecule has 0 bridgehead atoms. The zero-order valence-electron chi connectivity index (χ0n) is 13.9. The summed E-state index contributed by atoms with van der Waals surface area (Å²) in [5, 5.41) is 0.351. The van der Waals surface area contributed by atoms with Gasteiger partial charge >= 0.3 is 0 Å². The molecule has 0 N–H and O–H groups in total. The molecule has 1 amide bonds. The van der Waals surface area contributed by atoms with Gasteiger partial charge < -0.3 is 4.90 Å². The molecule has 1 fully saturated rings. The molecule has 2 aromatic rings. The summed E-state index contributed by atoms with van der Waals surface area (Å²) >= 11 is 5.90. The van der Waals surface area contributed by atoms with Gasteiger partial charge in [-0.1, -0.05) is 48.0 Å². The predicted octanol–water partition coefficient (Wildman–Crippen LogP) is 3.47. The zero-order chi connectivity index (χ0) is 16.9. The zero-order valence-corrected chi connectivity index (χ0v) is 14.6. The number of rotatable bonds is 4. The number of benzene rings is 1. The van der Waals surface area contributed by atoms with E-state index in [9.17, 15) is 4.79 Å². The number of carbonyl (C=O) groups excluding carboxylic acids is 1. The first kappa shape index (κ1) is 16.9. The quantitative estimate of drug-likeness (QED) is 0.797. The van der Waals surface area contributed by atoms with Gasteiger partial charge in [0.05, 0.1) is 0 Å². The number of hydrogen-bond donors (Lipinski definition) is 0. The Morgan fingerprint density at radius 2 is 2.04 bits per heavy atom. The lowest BCUT2D eigenvalue weighted by Crippen LogP contribution is -2.48. The van der Waals surface area contributed by atoms with Crippen molar-refractivity contribution in [3.8, 4) is 0 Å². The van der Waals surface area contributed by atoms with Crippen LogP contribution in [0.25, 0.3) is 0 Å². The molecular formula is C19H22ClN3O. The van der Waals surface area contributed by atoms with Crippen LogP contribution in [0.2, 0.25) is 5.15 Å². The van der Waals surface area contributed by atoms with E-state index in [1.165, 1.54) is 5.56 Å². The van der Waals surface area contributed by atoms with Crippen LogP contribution in [-0.2, 0) is 6.54 Å². The molecular weight excluding hydrogens is 322 g/mol. The summed E-state index contributed by atoms with van der Waals surface area (Å²) in [5.41, 5.74) is 1.72. The van der Waals surface area contributed by atoms with Gasteiger partial charge in [0, 0.05) is 26.2 Å². The minimum Gasteiger partial charge on any atom is -0.336 e. The second kappa shape index (κ2) is 7.77. The molecule has 0 aliphatic carbocycles. The SMILES string of the molecule is CN(C(=O)c1cccc(Cl)n1)C1CCCN(Cc2ccccc2)C1. The standard InChI is InChI=1S/C19H22ClN3O/c1-22(19(24)17-10-5-11-18(20)21-17)16-9-6-12-23(14-16)13-15-7-3-2-4-8-15/h2-5,7-8,10-11,16H,6,9,12-14H2,1H3. The van der Waals surface area contributed by atoms with Crippen molar-refractivity contribution >= 4 is 17.5 Å². The third kappa shape index (κ3) is 4.13. The number of carbonyl (C=O) groups is 1. The van der Waals surface area contributed by atoms with Crippen LogP contribution in [0.3, 0.4) is 0 Å². The molecule has 0 radical (unpaired) electrons. The van der Waals surface area contributed by atoms with E-state index >= 15 is 0 Å². The minimum atomic E-state index is -0.0657. The Morgan fingerprint density at radius 1 is 1.25 bits per heavy atom. The van der Waals surface area contributed by atoms with Gasteiger partial charge in [-0.25, -0.2) is 4.98 Å². The maximum absolute atomic E-state index is 12.6. The number of nitrogens with zero attached hydrogens (tertiary/aromatic N) is 3. The van der Waals surface area contributed by atoms with Gasteiger partial charge in [0.1, 0.15) is 10.8 Å². The molecule has 1 aromatic heterocycles. The first-order chi connectivity index (χ1) is 11.6. The van der Waals surface area contributed by atoms with Crippen LogP contribution in [0.15, 0.2) is 48.5 Å². The number of aromatic nitrogens is 1. The Morgan fingerprint density at radius 3 is 2.79 bits per heavy atom. The van der Waals surface area contributed by atoms with Crippen molar-refractivity contribution in [1.29, 1.82) is 0 Å². The third-order valence-electron chi connectivity index (χ3n) is 4.53. The Balaban J connectivity index is 1.64. The highest BCUT2D eigenvalue weighted by Crippen LogP contribution is 2.19. The van der Waals surface area contributed by atoms with Gasteiger partial charge in [0.15, 0.2) is 0 Å². The summed E-state index contributed by atoms with van der Waals surface area (Å²) in [6, 6.07) is 15.8. The van der Waals surface area contributed by atoms with E-state index in [2.05, 4.69) is 34.1 Å². The summed E-state index contributed by atoms with van der Waals surface area (Å²) in [6.07, 6.45) is 2.12. The summed E-state index contributed by atoms with van der Waals surface area (Å²) in [4.78, 5) is 21.0. The van der Waals surface area contributed by atoms with Gasteiger partial charge in [0.25, 0.3) is 5.91 Å². The van der Waals surface area contributed by atoms with Crippen LogP contribution in [0, 0.1) is 0 Å². The molecule has 1 aliphatic rings. The fourth-order valence-electron chi connectivity index (χ4n) is 3.21. The number of hydrogen-bond acceptors (Lipinski definition) is 3. The van der Waals surface area contributed by atoms with Crippen LogP contribution in [0.5, 0.6) is 0 Å². The molecule has 1 atom stereocenters. The molecule has 1 aliphatic heterocycles. The molecule has 1 unspecified atom stereocenters. The average Bonchev–Trinajstić information content (AvgIpc) is 2.61. The molecule has 4 nitrogen and oxygen atoms in total. The first-order valence-corrected chi connectivity index (χ1v) is 8.67. The molecule has 0 saturated carbocycles. The van der Waals surface area contributed by atoms with Gasteiger partial charge in [-0.15, -0.1) is 0 Å². The molecule has 0 spiro atoms. The fraction of sp³-hybridized carbons (Fsp3) is 0.368. The highest BCUT2D eigenvalue weighted by molar-refractivity contribution is 6.29. The number of pyridine rings is 1. The number of likely N-dealkylation sites (tertiary alicyclic amines) is 1. The number of amides is 1. The molecule has 24 heavy (non-hydrogen) atoms. The van der Waals surface area contributed by atoms with Gasteiger partial charge in [-0.2, -0.15) is 0 Å². The molecule has 126 valence electrons. The molecule has 2 heterocycles. The second-order valence-corrected chi connectivity index (χ2v) is 6.67. The first-order valence-electron chi connectivity index (χ1n) is 8.29. The minimum absolute atomic E-state index is 0.0657. The third-order valence-corrected chi connectivity index (χ3v) is 4.74. The molecule has 1 saturated heterocycles. The highest BCUT2D eigenvalue weighted by atomic mass is 35.5. The highest BCUT2D eigenvalue weighted by Gasteiger charge is 2.27. The summed E-state index contributed by atoms with van der Waals surface area (Å²) in [7, 11) is 1.86. The topological polar surface area (TPSA) is 36.4 Å². The normalized spacial score (nSPS) is 18.3. The Hall–Kier alpha value is -1.91. The lowest BCUT2D eigenvalue weighted by molar-refractivity contribution is 0.0603.